The maximum Gasteiger partial charge on any atom is 0.224 e. The molecular formula is C20H25NO. The first-order chi connectivity index (χ1) is 10.4. The summed E-state index contributed by atoms with van der Waals surface area (Å²) in [5, 5.41) is 2.97. The van der Waals surface area contributed by atoms with Crippen molar-refractivity contribution in [1.29, 1.82) is 0 Å². The van der Waals surface area contributed by atoms with E-state index in [0.29, 0.717) is 12.3 Å². The Hall–Kier alpha value is -2.09. The molecule has 2 heteroatoms. The third-order valence-corrected chi connectivity index (χ3v) is 3.73. The van der Waals surface area contributed by atoms with Gasteiger partial charge in [-0.2, -0.15) is 0 Å². The summed E-state index contributed by atoms with van der Waals surface area (Å²) in [6.45, 7) is 8.40. The summed E-state index contributed by atoms with van der Waals surface area (Å²) in [4.78, 5) is 12.1. The summed E-state index contributed by atoms with van der Waals surface area (Å²) in [7, 11) is 0. The van der Waals surface area contributed by atoms with Crippen LogP contribution in [0.25, 0.3) is 0 Å². The molecule has 0 fully saturated rings. The second kappa shape index (κ2) is 7.26. The molecule has 0 spiro atoms. The van der Waals surface area contributed by atoms with Gasteiger partial charge in [-0.3, -0.25) is 4.79 Å². The largest absolute Gasteiger partial charge is 0.326 e. The van der Waals surface area contributed by atoms with Crippen LogP contribution in [0.15, 0.2) is 42.5 Å². The number of aryl methyl sites for hydroxylation is 3. The molecule has 0 saturated carbocycles. The van der Waals surface area contributed by atoms with Crippen molar-refractivity contribution < 1.29 is 4.79 Å². The zero-order chi connectivity index (χ0) is 16.1. The number of carbonyl (C=O) groups excluding carboxylic acids is 1. The SMILES string of the molecule is Cc1ccc(NC(=O)C[C@H](C)Cc2cc(C)cc(C)c2)cc1. The molecule has 2 aromatic rings. The highest BCUT2D eigenvalue weighted by Crippen LogP contribution is 2.17. The lowest BCUT2D eigenvalue weighted by Gasteiger charge is -2.13. The Labute approximate surface area is 133 Å². The fourth-order valence-electron chi connectivity index (χ4n) is 2.83. The maximum absolute atomic E-state index is 12.1. The summed E-state index contributed by atoms with van der Waals surface area (Å²) in [5.74, 6) is 0.410. The first kappa shape index (κ1) is 16.3. The molecule has 1 amide bonds. The van der Waals surface area contributed by atoms with Crippen LogP contribution in [0.3, 0.4) is 0 Å². The Bertz CT molecular complexity index is 623. The molecule has 0 unspecified atom stereocenters. The van der Waals surface area contributed by atoms with Gasteiger partial charge in [0.25, 0.3) is 0 Å². The standard InChI is InChI=1S/C20H25NO/c1-14-5-7-19(8-6-14)21-20(22)13-17(4)12-18-10-15(2)9-16(3)11-18/h5-11,17H,12-13H2,1-4H3,(H,21,22)/t17-/m1/s1. The molecule has 0 saturated heterocycles. The van der Waals surface area contributed by atoms with Crippen molar-refractivity contribution in [1.82, 2.24) is 0 Å². The quantitative estimate of drug-likeness (QED) is 0.842. The van der Waals surface area contributed by atoms with E-state index in [2.05, 4.69) is 44.3 Å². The van der Waals surface area contributed by atoms with E-state index in [4.69, 9.17) is 0 Å². The first-order valence-electron chi connectivity index (χ1n) is 7.86. The smallest absolute Gasteiger partial charge is 0.224 e. The highest BCUT2D eigenvalue weighted by Gasteiger charge is 2.11. The number of rotatable bonds is 5. The van der Waals surface area contributed by atoms with Crippen molar-refractivity contribution in [3.8, 4) is 0 Å². The van der Waals surface area contributed by atoms with E-state index in [1.165, 1.54) is 22.3 Å². The van der Waals surface area contributed by atoms with E-state index in [9.17, 15) is 4.79 Å². The van der Waals surface area contributed by atoms with Gasteiger partial charge >= 0.3 is 0 Å². The van der Waals surface area contributed by atoms with Crippen LogP contribution in [-0.4, -0.2) is 5.91 Å². The van der Waals surface area contributed by atoms with Gasteiger partial charge in [-0.15, -0.1) is 0 Å². The minimum Gasteiger partial charge on any atom is -0.326 e. The van der Waals surface area contributed by atoms with Crippen LogP contribution in [0.4, 0.5) is 5.69 Å². The molecule has 1 atom stereocenters. The summed E-state index contributed by atoms with van der Waals surface area (Å²) < 4.78 is 0. The second-order valence-corrected chi connectivity index (χ2v) is 6.42. The van der Waals surface area contributed by atoms with Gasteiger partial charge in [0.1, 0.15) is 0 Å². The van der Waals surface area contributed by atoms with Crippen molar-refractivity contribution in [2.75, 3.05) is 5.32 Å². The third-order valence-electron chi connectivity index (χ3n) is 3.73. The van der Waals surface area contributed by atoms with Crippen LogP contribution < -0.4 is 5.32 Å². The molecule has 22 heavy (non-hydrogen) atoms. The average molecular weight is 295 g/mol. The second-order valence-electron chi connectivity index (χ2n) is 6.42. The minimum atomic E-state index is 0.0840. The third kappa shape index (κ3) is 5.03. The number of hydrogen-bond donors (Lipinski definition) is 1. The molecule has 2 aromatic carbocycles. The Morgan fingerprint density at radius 1 is 0.955 bits per heavy atom. The predicted molar refractivity (Wildman–Crippen MR) is 93.2 cm³/mol. The molecule has 0 aliphatic rings. The number of amides is 1. The van der Waals surface area contributed by atoms with E-state index >= 15 is 0 Å². The molecule has 0 aromatic heterocycles. The van der Waals surface area contributed by atoms with Gasteiger partial charge in [0.2, 0.25) is 5.91 Å². The van der Waals surface area contributed by atoms with Crippen LogP contribution in [0.2, 0.25) is 0 Å². The van der Waals surface area contributed by atoms with Gasteiger partial charge in [0.15, 0.2) is 0 Å². The fourth-order valence-corrected chi connectivity index (χ4v) is 2.83. The van der Waals surface area contributed by atoms with Crippen LogP contribution in [0.5, 0.6) is 0 Å². The molecular weight excluding hydrogens is 270 g/mol. The van der Waals surface area contributed by atoms with Crippen molar-refractivity contribution in [3.63, 3.8) is 0 Å². The van der Waals surface area contributed by atoms with E-state index in [1.54, 1.807) is 0 Å². The van der Waals surface area contributed by atoms with Gasteiger partial charge < -0.3 is 5.32 Å². The molecule has 0 heterocycles. The number of hydrogen-bond acceptors (Lipinski definition) is 1. The summed E-state index contributed by atoms with van der Waals surface area (Å²) in [6.07, 6.45) is 1.48. The summed E-state index contributed by atoms with van der Waals surface area (Å²) in [6, 6.07) is 14.5. The fraction of sp³-hybridized carbons (Fsp3) is 0.350. The molecule has 0 aliphatic carbocycles. The highest BCUT2D eigenvalue weighted by molar-refractivity contribution is 5.90. The predicted octanol–water partition coefficient (Wildman–Crippen LogP) is 4.82. The monoisotopic (exact) mass is 295 g/mol. The molecule has 0 aliphatic heterocycles. The summed E-state index contributed by atoms with van der Waals surface area (Å²) >= 11 is 0. The van der Waals surface area contributed by atoms with Crippen molar-refractivity contribution in [3.05, 3.63) is 64.7 Å². The maximum atomic E-state index is 12.1. The van der Waals surface area contributed by atoms with E-state index in [-0.39, 0.29) is 5.91 Å². The number of nitrogens with one attached hydrogen (secondary N) is 1. The Kier molecular flexibility index (Phi) is 5.37. The Morgan fingerprint density at radius 2 is 1.55 bits per heavy atom. The molecule has 2 nitrogen and oxygen atoms in total. The minimum absolute atomic E-state index is 0.0840. The van der Waals surface area contributed by atoms with Gasteiger partial charge in [-0.1, -0.05) is 53.9 Å². The molecule has 0 radical (unpaired) electrons. The topological polar surface area (TPSA) is 29.1 Å². The molecule has 2 rings (SSSR count). The Morgan fingerprint density at radius 3 is 2.14 bits per heavy atom. The van der Waals surface area contributed by atoms with Gasteiger partial charge in [0.05, 0.1) is 0 Å². The number of anilines is 1. The lowest BCUT2D eigenvalue weighted by Crippen LogP contribution is -2.16. The zero-order valence-electron chi connectivity index (χ0n) is 13.9. The van der Waals surface area contributed by atoms with Gasteiger partial charge in [-0.05, 0) is 50.8 Å². The van der Waals surface area contributed by atoms with Gasteiger partial charge in [0, 0.05) is 12.1 Å². The highest BCUT2D eigenvalue weighted by atomic mass is 16.1. The van der Waals surface area contributed by atoms with Crippen molar-refractivity contribution in [2.45, 2.75) is 40.5 Å². The average Bonchev–Trinajstić information content (AvgIpc) is 2.39. The lowest BCUT2D eigenvalue weighted by atomic mass is 9.95. The summed E-state index contributed by atoms with van der Waals surface area (Å²) in [5.41, 5.74) is 5.95. The van der Waals surface area contributed by atoms with Crippen LogP contribution in [-0.2, 0) is 11.2 Å². The number of carbonyl (C=O) groups is 1. The van der Waals surface area contributed by atoms with Crippen molar-refractivity contribution >= 4 is 11.6 Å². The van der Waals surface area contributed by atoms with E-state index in [0.717, 1.165) is 12.1 Å². The van der Waals surface area contributed by atoms with Crippen LogP contribution >= 0.6 is 0 Å². The van der Waals surface area contributed by atoms with Crippen molar-refractivity contribution in [2.24, 2.45) is 5.92 Å². The Balaban J connectivity index is 1.89. The van der Waals surface area contributed by atoms with Crippen LogP contribution in [0.1, 0.15) is 35.6 Å². The molecule has 116 valence electrons. The molecule has 1 N–H and O–H groups in total. The molecule has 0 bridgehead atoms. The normalized spacial score (nSPS) is 12.0. The first-order valence-corrected chi connectivity index (χ1v) is 7.86. The van der Waals surface area contributed by atoms with E-state index in [1.807, 2.05) is 31.2 Å². The van der Waals surface area contributed by atoms with E-state index < -0.39 is 0 Å². The van der Waals surface area contributed by atoms with Gasteiger partial charge in [-0.25, -0.2) is 0 Å². The zero-order valence-corrected chi connectivity index (χ0v) is 13.9. The lowest BCUT2D eigenvalue weighted by molar-refractivity contribution is -0.116. The number of benzene rings is 2. The van der Waals surface area contributed by atoms with Crippen LogP contribution in [0, 0.1) is 26.7 Å².